The summed E-state index contributed by atoms with van der Waals surface area (Å²) in [5.41, 5.74) is -10.2. The minimum absolute atomic E-state index is 0.217. The SMILES string of the molecule is NC(=O)c1ccc(C(NC(=O)c2ccc(C(NC(=O)c3ccc(C(=O)C(=O)O)cc3)(NC(=O)c3ccc(C(=O)C(=O)O)cc3)C(=O)O)cc2)(NC(=O)c2ccc(C(NC(=O)c3ccc(C(=O)C(=O)O)cc3)(NC(=O)c3ccc(C(=O)C(=O)O)cc3)C(=O)O)cc2)C(=O)O)cc1. The third-order valence-corrected chi connectivity index (χ3v) is 13.9. The number of carboxylic acids is 7. The second kappa shape index (κ2) is 27.7. The fraction of sp³-hybridized carbons (Fsp3) is 0.0476. The van der Waals surface area contributed by atoms with Crippen molar-refractivity contribution in [1.29, 1.82) is 0 Å². The van der Waals surface area contributed by atoms with E-state index in [-0.39, 0.29) is 5.56 Å². The number of carboxylic acid groups (broad SMARTS) is 7. The van der Waals surface area contributed by atoms with E-state index in [1.165, 1.54) is 0 Å². The Kier molecular flexibility index (Phi) is 19.9. The topological polar surface area (TPSA) is 547 Å². The van der Waals surface area contributed by atoms with Crippen molar-refractivity contribution in [2.75, 3.05) is 0 Å². The average Bonchev–Trinajstić information content (AvgIpc) is 0.782. The highest BCUT2D eigenvalue weighted by Gasteiger charge is 2.48. The van der Waals surface area contributed by atoms with E-state index in [0.717, 1.165) is 170 Å². The molecule has 7 amide bonds. The van der Waals surface area contributed by atoms with Crippen LogP contribution in [0.3, 0.4) is 0 Å². The lowest BCUT2D eigenvalue weighted by Gasteiger charge is -2.33. The first-order valence-corrected chi connectivity index (χ1v) is 26.5. The summed E-state index contributed by atoms with van der Waals surface area (Å²) in [6.45, 7) is 0. The molecule has 0 unspecified atom stereocenters. The summed E-state index contributed by atoms with van der Waals surface area (Å²) in [6.07, 6.45) is 0. The number of primary amides is 1. The zero-order valence-electron chi connectivity index (χ0n) is 47.7. The van der Waals surface area contributed by atoms with Crippen LogP contribution >= 0.6 is 0 Å². The second-order valence-electron chi connectivity index (χ2n) is 19.8. The highest BCUT2D eigenvalue weighted by atomic mass is 16.4. The predicted octanol–water partition coefficient (Wildman–Crippen LogP) is 1.15. The number of nitrogens with one attached hydrogen (secondary N) is 6. The van der Waals surface area contributed by atoms with Crippen LogP contribution < -0.4 is 37.6 Å². The van der Waals surface area contributed by atoms with Crippen LogP contribution in [0, 0.1) is 0 Å². The Hall–Kier alpha value is -14.2. The van der Waals surface area contributed by atoms with E-state index < -0.39 is 196 Å². The fourth-order valence-corrected chi connectivity index (χ4v) is 8.89. The van der Waals surface area contributed by atoms with Crippen LogP contribution in [0.5, 0.6) is 0 Å². The highest BCUT2D eigenvalue weighted by molar-refractivity contribution is 6.41. The minimum Gasteiger partial charge on any atom is -0.478 e. The van der Waals surface area contributed by atoms with Crippen molar-refractivity contribution >= 4 is 106 Å². The zero-order chi connectivity index (χ0) is 70.0. The molecule has 7 aromatic carbocycles. The minimum atomic E-state index is -3.13. The highest BCUT2D eigenvalue weighted by Crippen LogP contribution is 2.28. The first-order chi connectivity index (χ1) is 44.7. The summed E-state index contributed by atoms with van der Waals surface area (Å²) in [4.78, 5) is 231. The second-order valence-corrected chi connectivity index (χ2v) is 19.8. The van der Waals surface area contributed by atoms with Crippen LogP contribution in [0.15, 0.2) is 170 Å². The Labute approximate surface area is 529 Å². The van der Waals surface area contributed by atoms with Crippen molar-refractivity contribution in [3.8, 4) is 0 Å². The van der Waals surface area contributed by atoms with Crippen molar-refractivity contribution in [3.05, 3.63) is 248 Å². The van der Waals surface area contributed by atoms with Crippen molar-refractivity contribution in [2.45, 2.75) is 17.0 Å². The summed E-state index contributed by atoms with van der Waals surface area (Å²) in [7, 11) is 0. The molecule has 7 aromatic rings. The van der Waals surface area contributed by atoms with Gasteiger partial charge in [-0.15, -0.1) is 0 Å². The lowest BCUT2D eigenvalue weighted by molar-refractivity contribution is -0.147. The van der Waals surface area contributed by atoms with Gasteiger partial charge in [0.25, 0.3) is 58.6 Å². The van der Waals surface area contributed by atoms with Crippen molar-refractivity contribution < 1.29 is 122 Å². The van der Waals surface area contributed by atoms with Crippen LogP contribution in [-0.2, 0) is 50.6 Å². The number of carbonyl (C=O) groups is 18. The molecule has 0 aliphatic rings. The van der Waals surface area contributed by atoms with Gasteiger partial charge in [0.1, 0.15) is 0 Å². The van der Waals surface area contributed by atoms with Gasteiger partial charge in [0.15, 0.2) is 0 Å². The van der Waals surface area contributed by atoms with Crippen molar-refractivity contribution in [2.24, 2.45) is 5.73 Å². The van der Waals surface area contributed by atoms with Gasteiger partial charge in [0.05, 0.1) is 0 Å². The maximum Gasteiger partial charge on any atom is 0.377 e. The molecule has 0 heterocycles. The maximum atomic E-state index is 14.5. The van der Waals surface area contributed by atoms with E-state index in [4.69, 9.17) is 26.2 Å². The number of hydrogen-bond donors (Lipinski definition) is 14. The van der Waals surface area contributed by atoms with Gasteiger partial charge in [-0.3, -0.25) is 52.7 Å². The summed E-state index contributed by atoms with van der Waals surface area (Å²) in [5, 5.41) is 82.3. The molecule has 32 nitrogen and oxygen atoms in total. The van der Waals surface area contributed by atoms with Gasteiger partial charge >= 0.3 is 41.8 Å². The molecule has 95 heavy (non-hydrogen) atoms. The van der Waals surface area contributed by atoms with Crippen LogP contribution in [0.1, 0.15) is 131 Å². The van der Waals surface area contributed by atoms with Gasteiger partial charge in [0.2, 0.25) is 22.9 Å². The van der Waals surface area contributed by atoms with E-state index in [1.807, 2.05) is 0 Å². The molecule has 15 N–H and O–H groups in total. The van der Waals surface area contributed by atoms with Gasteiger partial charge in [-0.05, 0) is 133 Å². The first-order valence-electron chi connectivity index (χ1n) is 26.5. The molecule has 0 atom stereocenters. The number of nitrogens with two attached hydrogens (primary N) is 1. The predicted molar refractivity (Wildman–Crippen MR) is 314 cm³/mol. The molecule has 7 rings (SSSR count). The van der Waals surface area contributed by atoms with E-state index in [0.29, 0.717) is 0 Å². The summed E-state index contributed by atoms with van der Waals surface area (Å²) in [6, 6.07) is 25.4. The largest absolute Gasteiger partial charge is 0.478 e. The third kappa shape index (κ3) is 14.6. The van der Waals surface area contributed by atoms with Crippen LogP contribution in [-0.4, -0.2) is 142 Å². The molecule has 0 saturated heterocycles. The van der Waals surface area contributed by atoms with E-state index >= 15 is 0 Å². The normalized spacial score (nSPS) is 11.0. The number of hydrogen-bond acceptors (Lipinski definition) is 18. The Morgan fingerprint density at radius 3 is 0.495 bits per heavy atom. The molecule has 0 fully saturated rings. The molecular weight excluding hydrogens is 1250 g/mol. The van der Waals surface area contributed by atoms with E-state index in [9.17, 15) is 102 Å². The van der Waals surface area contributed by atoms with Crippen LogP contribution in [0.4, 0.5) is 0 Å². The number of amides is 7. The number of Topliss-reactive ketones (excluding diaryl/α,β-unsaturated/α-hetero) is 4. The van der Waals surface area contributed by atoms with Crippen LogP contribution in [0.2, 0.25) is 0 Å². The molecule has 0 bridgehead atoms. The summed E-state index contributed by atoms with van der Waals surface area (Å²) < 4.78 is 0. The number of ketones is 4. The van der Waals surface area contributed by atoms with Crippen molar-refractivity contribution in [1.82, 2.24) is 31.9 Å². The van der Waals surface area contributed by atoms with Crippen LogP contribution in [0.25, 0.3) is 0 Å². The Balaban J connectivity index is 1.26. The van der Waals surface area contributed by atoms with Gasteiger partial charge in [-0.1, -0.05) is 36.4 Å². The molecule has 480 valence electrons. The molecule has 0 aromatic heterocycles. The first kappa shape index (κ1) is 68.3. The van der Waals surface area contributed by atoms with E-state index in [1.54, 1.807) is 0 Å². The number of carbonyl (C=O) groups excluding carboxylic acids is 11. The zero-order valence-corrected chi connectivity index (χ0v) is 47.7. The van der Waals surface area contributed by atoms with Gasteiger partial charge < -0.3 is 73.4 Å². The lowest BCUT2D eigenvalue weighted by atomic mass is 9.94. The maximum absolute atomic E-state index is 14.5. The van der Waals surface area contributed by atoms with Gasteiger partial charge in [0, 0.05) is 77.9 Å². The quantitative estimate of drug-likeness (QED) is 0.0195. The lowest BCUT2D eigenvalue weighted by Crippen LogP contribution is -2.63. The number of rotatable bonds is 27. The van der Waals surface area contributed by atoms with Gasteiger partial charge in [-0.25, -0.2) is 33.6 Å². The summed E-state index contributed by atoms with van der Waals surface area (Å²) in [5.74, 6) is -28.1. The fourth-order valence-electron chi connectivity index (χ4n) is 8.89. The molecule has 0 aliphatic heterocycles. The summed E-state index contributed by atoms with van der Waals surface area (Å²) >= 11 is 0. The Bertz CT molecular complexity index is 4020. The average molecular weight is 1300 g/mol. The Morgan fingerprint density at radius 1 is 0.221 bits per heavy atom. The smallest absolute Gasteiger partial charge is 0.377 e. The number of benzene rings is 7. The number of aliphatic carboxylic acids is 7. The molecule has 0 aliphatic carbocycles. The standard InChI is InChI=1S/C63H43N7O25/c64-47(75)33-17-23-40(24-18-33)61(58(90)91,69-52(80)38-19-25-41(26-20-38)62(59(92)93,65-48(76)34-9-1-29(2-10-34)43(71)54(82)83)66-49(77)35-11-3-30(4-12-35)44(72)55(84)85)70-53(81)39-21-27-42(28-22-39)63(60(94)95,67-50(78)36-13-5-31(6-14-36)45(73)56(86)87)68-51(79)37-15-7-32(8-16-37)46(74)57(88)89/h1-28H,(H2,64,75)(H,65,76)(H,66,77)(H,67,78)(H,68,79)(H,69,80)(H,70,81)(H,82,83)(H,84,85)(H,86,87)(H,88,89)(H,90,91)(H,92,93)(H,94,95). The Morgan fingerprint density at radius 2 is 0.358 bits per heavy atom. The third-order valence-electron chi connectivity index (χ3n) is 13.9. The molecule has 0 saturated carbocycles. The molecular formula is C63H43N7O25. The molecule has 0 spiro atoms. The molecule has 0 radical (unpaired) electrons. The van der Waals surface area contributed by atoms with E-state index in [2.05, 4.69) is 31.9 Å². The molecule has 32 heteroatoms. The van der Waals surface area contributed by atoms with Crippen molar-refractivity contribution in [3.63, 3.8) is 0 Å². The van der Waals surface area contributed by atoms with Gasteiger partial charge in [-0.2, -0.15) is 0 Å². The monoisotopic (exact) mass is 1300 g/mol.